The van der Waals surface area contributed by atoms with Gasteiger partial charge in [-0.05, 0) is 63.4 Å². The van der Waals surface area contributed by atoms with Gasteiger partial charge in [-0.3, -0.25) is 4.79 Å². The summed E-state index contributed by atoms with van der Waals surface area (Å²) in [6, 6.07) is 7.91. The first-order chi connectivity index (χ1) is 12.5. The van der Waals surface area contributed by atoms with E-state index in [1.165, 1.54) is 18.5 Å². The van der Waals surface area contributed by atoms with E-state index in [9.17, 15) is 4.79 Å². The Labute approximate surface area is 152 Å². The van der Waals surface area contributed by atoms with Crippen LogP contribution in [0, 0.1) is 20.8 Å². The standard InChI is InChI=1S/C19H22N6O/c1-12-10-15(6-7-16(12)24-8-4-5-9-24)21-18(26)17-22-19-20-13(2)11-14(3)25(19)23-17/h6-7,10-11H,4-5,8-9H2,1-3H3,(H,21,26). The summed E-state index contributed by atoms with van der Waals surface area (Å²) in [5.41, 5.74) is 4.88. The molecule has 4 rings (SSSR count). The molecule has 0 saturated carbocycles. The Kier molecular flexibility index (Phi) is 4.06. The minimum Gasteiger partial charge on any atom is -0.371 e. The molecule has 1 fully saturated rings. The molecule has 3 heterocycles. The van der Waals surface area contributed by atoms with Crippen molar-refractivity contribution in [3.05, 3.63) is 47.0 Å². The van der Waals surface area contributed by atoms with Crippen LogP contribution in [0.25, 0.3) is 5.78 Å². The molecule has 0 aliphatic carbocycles. The van der Waals surface area contributed by atoms with Gasteiger partial charge in [-0.15, -0.1) is 5.10 Å². The Morgan fingerprint density at radius 1 is 1.08 bits per heavy atom. The first kappa shape index (κ1) is 16.5. The van der Waals surface area contributed by atoms with Crippen molar-refractivity contribution in [2.75, 3.05) is 23.3 Å². The molecule has 134 valence electrons. The molecule has 0 unspecified atom stereocenters. The Balaban J connectivity index is 1.56. The first-order valence-electron chi connectivity index (χ1n) is 8.89. The number of carbonyl (C=O) groups is 1. The zero-order valence-electron chi connectivity index (χ0n) is 15.3. The van der Waals surface area contributed by atoms with Crippen molar-refractivity contribution in [3.8, 4) is 0 Å². The van der Waals surface area contributed by atoms with E-state index in [4.69, 9.17) is 0 Å². The number of anilines is 2. The number of rotatable bonds is 3. The van der Waals surface area contributed by atoms with Crippen LogP contribution < -0.4 is 10.2 Å². The lowest BCUT2D eigenvalue weighted by Crippen LogP contribution is -2.19. The zero-order valence-corrected chi connectivity index (χ0v) is 15.3. The highest BCUT2D eigenvalue weighted by atomic mass is 16.2. The summed E-state index contributed by atoms with van der Waals surface area (Å²) in [6.07, 6.45) is 2.48. The van der Waals surface area contributed by atoms with E-state index in [1.807, 2.05) is 32.0 Å². The largest absolute Gasteiger partial charge is 0.371 e. The lowest BCUT2D eigenvalue weighted by Gasteiger charge is -2.20. The third-order valence-electron chi connectivity index (χ3n) is 4.72. The SMILES string of the molecule is Cc1cc(C)n2nc(C(=O)Nc3ccc(N4CCCC4)c(C)c3)nc2n1. The summed E-state index contributed by atoms with van der Waals surface area (Å²) in [4.78, 5) is 23.5. The summed E-state index contributed by atoms with van der Waals surface area (Å²) in [5, 5.41) is 7.16. The molecule has 0 bridgehead atoms. The van der Waals surface area contributed by atoms with E-state index < -0.39 is 0 Å². The Morgan fingerprint density at radius 3 is 2.58 bits per heavy atom. The highest BCUT2D eigenvalue weighted by Gasteiger charge is 2.17. The minimum atomic E-state index is -0.333. The molecule has 3 aromatic rings. The average molecular weight is 350 g/mol. The van der Waals surface area contributed by atoms with Gasteiger partial charge in [0.15, 0.2) is 0 Å². The van der Waals surface area contributed by atoms with Crippen LogP contribution in [0.2, 0.25) is 0 Å². The van der Waals surface area contributed by atoms with E-state index >= 15 is 0 Å². The van der Waals surface area contributed by atoms with Crippen molar-refractivity contribution in [1.29, 1.82) is 0 Å². The number of fused-ring (bicyclic) bond motifs is 1. The highest BCUT2D eigenvalue weighted by Crippen LogP contribution is 2.26. The van der Waals surface area contributed by atoms with E-state index in [0.717, 1.165) is 35.7 Å². The van der Waals surface area contributed by atoms with Gasteiger partial charge in [0, 0.05) is 35.9 Å². The van der Waals surface area contributed by atoms with Crippen LogP contribution in [0.4, 0.5) is 11.4 Å². The fourth-order valence-corrected chi connectivity index (χ4v) is 3.50. The van der Waals surface area contributed by atoms with Gasteiger partial charge in [-0.2, -0.15) is 4.98 Å². The number of nitrogens with zero attached hydrogens (tertiary/aromatic N) is 5. The molecule has 1 aliphatic rings. The third-order valence-corrected chi connectivity index (χ3v) is 4.72. The Hall–Kier alpha value is -2.96. The first-order valence-corrected chi connectivity index (χ1v) is 8.89. The van der Waals surface area contributed by atoms with E-state index in [0.29, 0.717) is 5.78 Å². The molecular weight excluding hydrogens is 328 g/mol. The molecule has 1 N–H and O–H groups in total. The van der Waals surface area contributed by atoms with Gasteiger partial charge >= 0.3 is 0 Å². The van der Waals surface area contributed by atoms with Gasteiger partial charge in [0.2, 0.25) is 5.82 Å². The summed E-state index contributed by atoms with van der Waals surface area (Å²) in [5.74, 6) is 0.224. The normalized spacial score (nSPS) is 14.2. The monoisotopic (exact) mass is 350 g/mol. The second-order valence-electron chi connectivity index (χ2n) is 6.84. The lowest BCUT2D eigenvalue weighted by molar-refractivity contribution is 0.101. The smallest absolute Gasteiger partial charge is 0.295 e. The second-order valence-corrected chi connectivity index (χ2v) is 6.84. The van der Waals surface area contributed by atoms with Crippen LogP contribution in [-0.4, -0.2) is 38.6 Å². The maximum atomic E-state index is 12.5. The average Bonchev–Trinajstić information content (AvgIpc) is 3.24. The molecule has 1 aromatic carbocycles. The summed E-state index contributed by atoms with van der Waals surface area (Å²) < 4.78 is 1.59. The van der Waals surface area contributed by atoms with Crippen molar-refractivity contribution in [3.63, 3.8) is 0 Å². The third kappa shape index (κ3) is 3.00. The topological polar surface area (TPSA) is 75.4 Å². The fourth-order valence-electron chi connectivity index (χ4n) is 3.50. The van der Waals surface area contributed by atoms with Crippen molar-refractivity contribution < 1.29 is 4.79 Å². The second kappa shape index (κ2) is 6.40. The van der Waals surface area contributed by atoms with Crippen LogP contribution in [0.5, 0.6) is 0 Å². The van der Waals surface area contributed by atoms with E-state index in [1.54, 1.807) is 4.52 Å². The Morgan fingerprint density at radius 2 is 1.85 bits per heavy atom. The van der Waals surface area contributed by atoms with E-state index in [-0.39, 0.29) is 11.7 Å². The molecular formula is C19H22N6O. The summed E-state index contributed by atoms with van der Waals surface area (Å²) in [7, 11) is 0. The quantitative estimate of drug-likeness (QED) is 0.786. The van der Waals surface area contributed by atoms with Gasteiger partial charge in [-0.1, -0.05) is 0 Å². The predicted molar refractivity (Wildman–Crippen MR) is 101 cm³/mol. The molecule has 1 amide bonds. The van der Waals surface area contributed by atoms with Crippen molar-refractivity contribution in [1.82, 2.24) is 19.6 Å². The molecule has 26 heavy (non-hydrogen) atoms. The molecule has 1 saturated heterocycles. The molecule has 0 radical (unpaired) electrons. The molecule has 7 nitrogen and oxygen atoms in total. The molecule has 1 aliphatic heterocycles. The minimum absolute atomic E-state index is 0.118. The molecule has 2 aromatic heterocycles. The molecule has 0 atom stereocenters. The molecule has 0 spiro atoms. The summed E-state index contributed by atoms with van der Waals surface area (Å²) in [6.45, 7) is 8.08. The van der Waals surface area contributed by atoms with Crippen molar-refractivity contribution in [2.24, 2.45) is 0 Å². The predicted octanol–water partition coefficient (Wildman–Crippen LogP) is 2.90. The van der Waals surface area contributed by atoms with Gasteiger partial charge in [-0.25, -0.2) is 9.50 Å². The van der Waals surface area contributed by atoms with Crippen LogP contribution in [0.1, 0.15) is 40.4 Å². The number of hydrogen-bond donors (Lipinski definition) is 1. The highest BCUT2D eigenvalue weighted by molar-refractivity contribution is 6.02. The lowest BCUT2D eigenvalue weighted by atomic mass is 10.1. The van der Waals surface area contributed by atoms with Crippen LogP contribution in [-0.2, 0) is 0 Å². The van der Waals surface area contributed by atoms with Gasteiger partial charge < -0.3 is 10.2 Å². The number of carbonyl (C=O) groups excluding carboxylic acids is 1. The Bertz CT molecular complexity index is 987. The fraction of sp³-hybridized carbons (Fsp3) is 0.368. The van der Waals surface area contributed by atoms with Gasteiger partial charge in [0.1, 0.15) is 0 Å². The number of hydrogen-bond acceptors (Lipinski definition) is 5. The maximum absolute atomic E-state index is 12.5. The van der Waals surface area contributed by atoms with E-state index in [2.05, 4.69) is 38.3 Å². The van der Waals surface area contributed by atoms with Crippen LogP contribution in [0.15, 0.2) is 24.3 Å². The molecule has 7 heteroatoms. The van der Waals surface area contributed by atoms with Crippen molar-refractivity contribution in [2.45, 2.75) is 33.6 Å². The van der Waals surface area contributed by atoms with Gasteiger partial charge in [0.05, 0.1) is 0 Å². The number of amides is 1. The maximum Gasteiger partial charge on any atom is 0.295 e. The van der Waals surface area contributed by atoms with Crippen LogP contribution in [0.3, 0.4) is 0 Å². The number of benzene rings is 1. The van der Waals surface area contributed by atoms with Crippen molar-refractivity contribution >= 4 is 23.1 Å². The van der Waals surface area contributed by atoms with Crippen LogP contribution >= 0.6 is 0 Å². The van der Waals surface area contributed by atoms with Gasteiger partial charge in [0.25, 0.3) is 11.7 Å². The number of nitrogens with one attached hydrogen (secondary N) is 1. The zero-order chi connectivity index (χ0) is 18.3. The number of aromatic nitrogens is 4. The number of aryl methyl sites for hydroxylation is 3. The summed E-state index contributed by atoms with van der Waals surface area (Å²) >= 11 is 0.